The first-order valence-corrected chi connectivity index (χ1v) is 6.14. The third-order valence-corrected chi connectivity index (χ3v) is 2.37. The van der Waals surface area contributed by atoms with Crippen molar-refractivity contribution in [2.45, 2.75) is 72.0 Å². The van der Waals surface area contributed by atoms with E-state index in [1.807, 2.05) is 20.8 Å². The summed E-state index contributed by atoms with van der Waals surface area (Å²) < 4.78 is 4.83. The maximum atomic E-state index is 11.1. The molecule has 5 heteroatoms. The van der Waals surface area contributed by atoms with Crippen molar-refractivity contribution < 1.29 is 24.3 Å². The van der Waals surface area contributed by atoms with Gasteiger partial charge in [0.2, 0.25) is 0 Å². The minimum Gasteiger partial charge on any atom is -0.429 e. The predicted octanol–water partition coefficient (Wildman–Crippen LogP) is 3.77. The molecule has 0 amide bonds. The fourth-order valence-electron chi connectivity index (χ4n) is 1.05. The van der Waals surface area contributed by atoms with Crippen LogP contribution >= 0.6 is 0 Å². The average molecular weight is 248 g/mol. The molecule has 0 saturated heterocycles. The summed E-state index contributed by atoms with van der Waals surface area (Å²) in [6.07, 6.45) is 2.56. The molecule has 1 unspecified atom stereocenters. The topological polar surface area (TPSA) is 54.0 Å². The Labute approximate surface area is 103 Å². The van der Waals surface area contributed by atoms with Gasteiger partial charge in [-0.3, -0.25) is 0 Å². The maximum Gasteiger partial charge on any atom is 0.542 e. The third kappa shape index (κ3) is 8.94. The van der Waals surface area contributed by atoms with Crippen LogP contribution in [0.5, 0.6) is 0 Å². The van der Waals surface area contributed by atoms with Crippen molar-refractivity contribution in [1.29, 1.82) is 0 Å². The number of carbonyl (C=O) groups is 1. The van der Waals surface area contributed by atoms with Crippen LogP contribution in [0.25, 0.3) is 0 Å². The van der Waals surface area contributed by atoms with Gasteiger partial charge in [-0.25, -0.2) is 9.68 Å². The second kappa shape index (κ2) is 8.31. The molecule has 0 fully saturated rings. The summed E-state index contributed by atoms with van der Waals surface area (Å²) in [5.74, 6) is 0. The van der Waals surface area contributed by atoms with Gasteiger partial charge in [0.25, 0.3) is 0 Å². The van der Waals surface area contributed by atoms with Gasteiger partial charge in [-0.2, -0.15) is 4.89 Å². The van der Waals surface area contributed by atoms with Crippen LogP contribution in [0, 0.1) is 0 Å². The summed E-state index contributed by atoms with van der Waals surface area (Å²) in [5, 5.41) is 4.43. The van der Waals surface area contributed by atoms with Crippen LogP contribution in [0.4, 0.5) is 4.79 Å². The lowest BCUT2D eigenvalue weighted by Crippen LogP contribution is -2.26. The minimum absolute atomic E-state index is 0.195. The average Bonchev–Trinajstić information content (AvgIpc) is 2.26. The Kier molecular flexibility index (Phi) is 7.91. The Morgan fingerprint density at radius 3 is 2.47 bits per heavy atom. The van der Waals surface area contributed by atoms with Gasteiger partial charge < -0.3 is 4.74 Å². The molecule has 0 bridgehead atoms. The van der Waals surface area contributed by atoms with Crippen molar-refractivity contribution in [3.8, 4) is 0 Å². The first-order valence-electron chi connectivity index (χ1n) is 6.14. The number of hydrogen-bond acceptors (Lipinski definition) is 5. The van der Waals surface area contributed by atoms with Crippen LogP contribution in [0.2, 0.25) is 0 Å². The Balaban J connectivity index is 3.71. The lowest BCUT2D eigenvalue weighted by atomic mass is 10.0. The largest absolute Gasteiger partial charge is 0.542 e. The molecule has 0 aromatic carbocycles. The molecule has 0 aromatic heterocycles. The van der Waals surface area contributed by atoms with E-state index in [0.29, 0.717) is 0 Å². The molecule has 0 aromatic rings. The van der Waals surface area contributed by atoms with Gasteiger partial charge in [-0.05, 0) is 38.7 Å². The predicted molar refractivity (Wildman–Crippen MR) is 63.1 cm³/mol. The monoisotopic (exact) mass is 248 g/mol. The van der Waals surface area contributed by atoms with Crippen molar-refractivity contribution in [3.63, 3.8) is 0 Å². The fraction of sp³-hybridized carbons (Fsp3) is 0.917. The lowest BCUT2D eigenvalue weighted by molar-refractivity contribution is -0.517. The first kappa shape index (κ1) is 16.2. The highest BCUT2D eigenvalue weighted by Crippen LogP contribution is 2.18. The van der Waals surface area contributed by atoms with E-state index < -0.39 is 11.8 Å². The molecule has 0 saturated carbocycles. The molecule has 0 aliphatic rings. The molecule has 0 aliphatic heterocycles. The number of unbranched alkanes of at least 4 members (excludes halogenated alkanes) is 1. The van der Waals surface area contributed by atoms with Gasteiger partial charge in [-0.1, -0.05) is 26.7 Å². The summed E-state index contributed by atoms with van der Waals surface area (Å²) in [6.45, 7) is 9.51. The Morgan fingerprint density at radius 1 is 1.29 bits per heavy atom. The zero-order valence-electron chi connectivity index (χ0n) is 11.4. The van der Waals surface area contributed by atoms with E-state index in [9.17, 15) is 4.79 Å². The van der Waals surface area contributed by atoms with E-state index in [1.165, 1.54) is 0 Å². The number of carbonyl (C=O) groups excluding carboxylic acids is 1. The van der Waals surface area contributed by atoms with Gasteiger partial charge >= 0.3 is 6.16 Å². The highest BCUT2D eigenvalue weighted by atomic mass is 17.5. The molecule has 0 N–H and O–H groups in total. The zero-order valence-corrected chi connectivity index (χ0v) is 11.4. The summed E-state index contributed by atoms with van der Waals surface area (Å²) >= 11 is 0. The van der Waals surface area contributed by atoms with E-state index in [4.69, 9.17) is 9.62 Å². The zero-order chi connectivity index (χ0) is 13.3. The SMILES string of the molecule is CCCCC(C)(C)OOOC(=O)OC(C)CC. The summed E-state index contributed by atoms with van der Waals surface area (Å²) in [7, 11) is 0. The molecule has 0 heterocycles. The van der Waals surface area contributed by atoms with Gasteiger partial charge in [0, 0.05) is 0 Å². The Bertz CT molecular complexity index is 215. The van der Waals surface area contributed by atoms with Crippen LogP contribution in [0.1, 0.15) is 60.3 Å². The quantitative estimate of drug-likeness (QED) is 0.372. The molecule has 0 radical (unpaired) electrons. The summed E-state index contributed by atoms with van der Waals surface area (Å²) in [5.41, 5.74) is -0.480. The van der Waals surface area contributed by atoms with E-state index in [1.54, 1.807) is 6.92 Å². The second-order valence-corrected chi connectivity index (χ2v) is 4.68. The standard InChI is InChI=1S/C12H24O5/c1-6-8-9-12(4,5)16-17-15-11(13)14-10(3)7-2/h10H,6-9H2,1-5H3. The van der Waals surface area contributed by atoms with Crippen LogP contribution < -0.4 is 0 Å². The van der Waals surface area contributed by atoms with Crippen molar-refractivity contribution in [3.05, 3.63) is 0 Å². The van der Waals surface area contributed by atoms with E-state index in [2.05, 4.69) is 16.8 Å². The highest BCUT2D eigenvalue weighted by Gasteiger charge is 2.21. The van der Waals surface area contributed by atoms with E-state index in [-0.39, 0.29) is 6.10 Å². The smallest absolute Gasteiger partial charge is 0.429 e. The molecular weight excluding hydrogens is 224 g/mol. The van der Waals surface area contributed by atoms with Gasteiger partial charge in [0.1, 0.15) is 11.7 Å². The molecule has 102 valence electrons. The van der Waals surface area contributed by atoms with Gasteiger partial charge in [-0.15, -0.1) is 0 Å². The molecule has 1 atom stereocenters. The summed E-state index contributed by atoms with van der Waals surface area (Å²) in [6, 6.07) is 0. The first-order chi connectivity index (χ1) is 7.91. The van der Waals surface area contributed by atoms with Crippen molar-refractivity contribution in [2.75, 3.05) is 0 Å². The number of hydrogen-bond donors (Lipinski definition) is 0. The van der Waals surface area contributed by atoms with Gasteiger partial charge in [0.05, 0.1) is 0 Å². The highest BCUT2D eigenvalue weighted by molar-refractivity contribution is 5.59. The number of rotatable bonds is 8. The summed E-state index contributed by atoms with van der Waals surface area (Å²) in [4.78, 5) is 20.4. The molecule has 0 aliphatic carbocycles. The van der Waals surface area contributed by atoms with E-state index in [0.717, 1.165) is 25.7 Å². The molecule has 17 heavy (non-hydrogen) atoms. The van der Waals surface area contributed by atoms with Crippen LogP contribution in [-0.2, 0) is 19.6 Å². The molecule has 5 nitrogen and oxygen atoms in total. The second-order valence-electron chi connectivity index (χ2n) is 4.68. The Morgan fingerprint density at radius 2 is 1.94 bits per heavy atom. The van der Waals surface area contributed by atoms with Crippen LogP contribution in [0.3, 0.4) is 0 Å². The van der Waals surface area contributed by atoms with Crippen molar-refractivity contribution in [2.24, 2.45) is 0 Å². The van der Waals surface area contributed by atoms with Crippen molar-refractivity contribution in [1.82, 2.24) is 0 Å². The third-order valence-electron chi connectivity index (χ3n) is 2.37. The molecule has 0 rings (SSSR count). The van der Waals surface area contributed by atoms with Crippen LogP contribution in [-0.4, -0.2) is 17.9 Å². The Hall–Kier alpha value is -0.810. The number of ether oxygens (including phenoxy) is 1. The van der Waals surface area contributed by atoms with Crippen LogP contribution in [0.15, 0.2) is 0 Å². The minimum atomic E-state index is -0.884. The lowest BCUT2D eigenvalue weighted by Gasteiger charge is -2.21. The maximum absolute atomic E-state index is 11.1. The molecule has 0 spiro atoms. The fourth-order valence-corrected chi connectivity index (χ4v) is 1.05. The normalized spacial score (nSPS) is 13.2. The van der Waals surface area contributed by atoms with E-state index >= 15 is 0 Å². The van der Waals surface area contributed by atoms with Gasteiger partial charge in [0.15, 0.2) is 0 Å². The van der Waals surface area contributed by atoms with Crippen molar-refractivity contribution >= 4 is 6.16 Å². The molecular formula is C12H24O5.